The van der Waals surface area contributed by atoms with Gasteiger partial charge in [0.1, 0.15) is 11.2 Å². The zero-order valence-electron chi connectivity index (χ0n) is 19.5. The van der Waals surface area contributed by atoms with Crippen LogP contribution >= 0.6 is 0 Å². The molecular formula is C27H34O4. The third-order valence-electron chi connectivity index (χ3n) is 8.28. The monoisotopic (exact) mass is 422 g/mol. The summed E-state index contributed by atoms with van der Waals surface area (Å²) in [7, 11) is 0. The van der Waals surface area contributed by atoms with Gasteiger partial charge in [0, 0.05) is 11.8 Å². The molecule has 0 aromatic rings. The van der Waals surface area contributed by atoms with Crippen LogP contribution in [-0.2, 0) is 19.1 Å². The summed E-state index contributed by atoms with van der Waals surface area (Å²) in [6, 6.07) is 0. The molecule has 6 unspecified atom stereocenters. The number of carbonyl (C=O) groups is 2. The summed E-state index contributed by atoms with van der Waals surface area (Å²) >= 11 is 0. The van der Waals surface area contributed by atoms with Gasteiger partial charge in [0.25, 0.3) is 0 Å². The van der Waals surface area contributed by atoms with Gasteiger partial charge in [0.2, 0.25) is 0 Å². The lowest BCUT2D eigenvalue weighted by atomic mass is 9.78. The zero-order chi connectivity index (χ0) is 22.6. The van der Waals surface area contributed by atoms with E-state index in [-0.39, 0.29) is 41.0 Å². The van der Waals surface area contributed by atoms with E-state index in [0.717, 1.165) is 12.8 Å². The van der Waals surface area contributed by atoms with Gasteiger partial charge in [-0.25, -0.2) is 9.59 Å². The zero-order valence-corrected chi connectivity index (χ0v) is 19.5. The van der Waals surface area contributed by atoms with E-state index in [9.17, 15) is 9.59 Å². The highest BCUT2D eigenvalue weighted by atomic mass is 16.6. The molecule has 0 heterocycles. The van der Waals surface area contributed by atoms with Crippen LogP contribution in [0.2, 0.25) is 0 Å². The first-order valence-electron chi connectivity index (χ1n) is 11.4. The second-order valence-electron chi connectivity index (χ2n) is 10.5. The number of ether oxygens (including phenoxy) is 2. The molecule has 4 heteroatoms. The Morgan fingerprint density at radius 2 is 1.13 bits per heavy atom. The van der Waals surface area contributed by atoms with Gasteiger partial charge in [-0.3, -0.25) is 0 Å². The highest BCUT2D eigenvalue weighted by molar-refractivity contribution is 6.03. The first-order valence-corrected chi connectivity index (χ1v) is 11.4. The summed E-state index contributed by atoms with van der Waals surface area (Å²) in [4.78, 5) is 27.0. The van der Waals surface area contributed by atoms with Gasteiger partial charge in [0.05, 0.1) is 11.1 Å². The van der Waals surface area contributed by atoms with Crippen molar-refractivity contribution in [3.63, 3.8) is 0 Å². The van der Waals surface area contributed by atoms with Gasteiger partial charge >= 0.3 is 11.9 Å². The second kappa shape index (κ2) is 7.36. The van der Waals surface area contributed by atoms with Crippen molar-refractivity contribution in [3.05, 3.63) is 59.8 Å². The van der Waals surface area contributed by atoms with E-state index in [1.165, 1.54) is 0 Å². The fourth-order valence-corrected chi connectivity index (χ4v) is 5.64. The van der Waals surface area contributed by atoms with Crippen molar-refractivity contribution in [2.75, 3.05) is 0 Å². The molecule has 6 atom stereocenters. The Kier molecular flexibility index (Phi) is 5.19. The van der Waals surface area contributed by atoms with Crippen LogP contribution in [0.25, 0.3) is 0 Å². The van der Waals surface area contributed by atoms with E-state index in [2.05, 4.69) is 13.8 Å². The number of esters is 2. The SMILES string of the molecule is CC1C=CC=CC1(C)OC(=O)C1=C(C(=O)OC2(C)C=CC=CC2C)C2CCC1C2(C)C. The second-order valence-corrected chi connectivity index (χ2v) is 10.5. The summed E-state index contributed by atoms with van der Waals surface area (Å²) in [6.07, 6.45) is 17.5. The van der Waals surface area contributed by atoms with Crippen molar-refractivity contribution in [2.24, 2.45) is 29.1 Å². The van der Waals surface area contributed by atoms with Crippen molar-refractivity contribution in [3.8, 4) is 0 Å². The molecule has 0 aliphatic heterocycles. The van der Waals surface area contributed by atoms with Crippen LogP contribution in [0.15, 0.2) is 59.8 Å². The predicted octanol–water partition coefficient (Wildman–Crippen LogP) is 5.48. The molecule has 0 aromatic carbocycles. The normalized spacial score (nSPS) is 39.8. The number of allylic oxidation sites excluding steroid dienone is 4. The largest absolute Gasteiger partial charge is 0.451 e. The Hall–Kier alpha value is -2.36. The van der Waals surface area contributed by atoms with Crippen LogP contribution < -0.4 is 0 Å². The third kappa shape index (κ3) is 3.44. The molecule has 4 aliphatic rings. The maximum atomic E-state index is 13.5. The maximum absolute atomic E-state index is 13.5. The van der Waals surface area contributed by atoms with Gasteiger partial charge in [-0.05, 0) is 56.1 Å². The van der Waals surface area contributed by atoms with Gasteiger partial charge in [-0.15, -0.1) is 0 Å². The minimum atomic E-state index is -0.725. The highest BCUT2D eigenvalue weighted by Gasteiger charge is 2.58. The molecule has 0 amide bonds. The average molecular weight is 423 g/mol. The van der Waals surface area contributed by atoms with Crippen LogP contribution in [0, 0.1) is 29.1 Å². The minimum Gasteiger partial charge on any atom is -0.451 e. The highest BCUT2D eigenvalue weighted by Crippen LogP contribution is 2.61. The summed E-state index contributed by atoms with van der Waals surface area (Å²) in [6.45, 7) is 12.2. The molecule has 4 rings (SSSR count). The molecule has 0 aromatic heterocycles. The lowest BCUT2D eigenvalue weighted by molar-refractivity contribution is -0.155. The number of hydrogen-bond acceptors (Lipinski definition) is 4. The van der Waals surface area contributed by atoms with Gasteiger partial charge in [-0.2, -0.15) is 0 Å². The molecule has 0 saturated heterocycles. The molecule has 31 heavy (non-hydrogen) atoms. The number of carbonyl (C=O) groups excluding carboxylic acids is 2. The van der Waals surface area contributed by atoms with Crippen LogP contribution in [0.4, 0.5) is 0 Å². The summed E-state index contributed by atoms with van der Waals surface area (Å²) < 4.78 is 12.1. The molecule has 1 saturated carbocycles. The molecule has 4 nitrogen and oxygen atoms in total. The molecular weight excluding hydrogens is 388 g/mol. The minimum absolute atomic E-state index is 0.0154. The van der Waals surface area contributed by atoms with E-state index in [0.29, 0.717) is 11.1 Å². The fourth-order valence-electron chi connectivity index (χ4n) is 5.64. The van der Waals surface area contributed by atoms with Crippen molar-refractivity contribution < 1.29 is 19.1 Å². The van der Waals surface area contributed by atoms with Gasteiger partial charge in [0.15, 0.2) is 0 Å². The van der Waals surface area contributed by atoms with Gasteiger partial charge in [-0.1, -0.05) is 64.2 Å². The Bertz CT molecular complexity index is 872. The fraction of sp³-hybridized carbons (Fsp3) is 0.556. The average Bonchev–Trinajstić information content (AvgIpc) is 3.12. The smallest absolute Gasteiger partial charge is 0.335 e. The van der Waals surface area contributed by atoms with Crippen LogP contribution in [0.3, 0.4) is 0 Å². The van der Waals surface area contributed by atoms with Crippen molar-refractivity contribution in [2.45, 2.75) is 65.6 Å². The Morgan fingerprint density at radius 3 is 1.48 bits per heavy atom. The van der Waals surface area contributed by atoms with Crippen molar-refractivity contribution >= 4 is 11.9 Å². The van der Waals surface area contributed by atoms with Crippen molar-refractivity contribution in [1.82, 2.24) is 0 Å². The summed E-state index contributed by atoms with van der Waals surface area (Å²) in [5, 5.41) is 0. The van der Waals surface area contributed by atoms with Gasteiger partial charge < -0.3 is 9.47 Å². The maximum Gasteiger partial charge on any atom is 0.335 e. The molecule has 0 N–H and O–H groups in total. The van der Waals surface area contributed by atoms with E-state index >= 15 is 0 Å². The third-order valence-corrected chi connectivity index (χ3v) is 8.28. The van der Waals surface area contributed by atoms with Crippen LogP contribution in [0.5, 0.6) is 0 Å². The van der Waals surface area contributed by atoms with Crippen LogP contribution in [0.1, 0.15) is 54.4 Å². The van der Waals surface area contributed by atoms with E-state index in [1.54, 1.807) is 0 Å². The van der Waals surface area contributed by atoms with E-state index in [1.807, 2.05) is 76.3 Å². The van der Waals surface area contributed by atoms with Crippen molar-refractivity contribution in [1.29, 1.82) is 0 Å². The Labute approximate surface area is 185 Å². The quantitative estimate of drug-likeness (QED) is 0.563. The molecule has 2 bridgehead atoms. The summed E-state index contributed by atoms with van der Waals surface area (Å²) in [5.74, 6) is -0.605. The molecule has 0 spiro atoms. The molecule has 166 valence electrons. The topological polar surface area (TPSA) is 52.6 Å². The molecule has 4 aliphatic carbocycles. The number of fused-ring (bicyclic) bond motifs is 2. The Morgan fingerprint density at radius 1 is 0.742 bits per heavy atom. The lowest BCUT2D eigenvalue weighted by Crippen LogP contribution is -2.39. The number of rotatable bonds is 4. The van der Waals surface area contributed by atoms with Crippen LogP contribution in [-0.4, -0.2) is 23.1 Å². The van der Waals surface area contributed by atoms with E-state index in [4.69, 9.17) is 9.47 Å². The first kappa shape index (κ1) is 21.9. The summed E-state index contributed by atoms with van der Waals surface area (Å²) in [5.41, 5.74) is -0.538. The standard InChI is InChI=1S/C27H34O4/c1-17-11-7-9-15-26(17,5)30-23(28)21-19-13-14-20(25(19,3)4)22(21)24(29)31-27(6)16-10-8-12-18(27)2/h7-12,15-20H,13-14H2,1-6H3. The lowest BCUT2D eigenvalue weighted by Gasteiger charge is -2.35. The molecule has 1 fully saturated rings. The Balaban J connectivity index is 1.67. The molecule has 0 radical (unpaired) electrons. The van der Waals surface area contributed by atoms with E-state index < -0.39 is 11.2 Å². The number of hydrogen-bond donors (Lipinski definition) is 0. The predicted molar refractivity (Wildman–Crippen MR) is 121 cm³/mol. The first-order chi connectivity index (χ1) is 14.5.